The highest BCUT2D eigenvalue weighted by Gasteiger charge is 2.35. The molecule has 1 heterocycles. The third-order valence-electron chi connectivity index (χ3n) is 4.27. The van der Waals surface area contributed by atoms with Crippen molar-refractivity contribution in [2.24, 2.45) is 5.92 Å². The molecule has 6 nitrogen and oxygen atoms in total. The smallest absolute Gasteiger partial charge is 0.325 e. The van der Waals surface area contributed by atoms with E-state index in [4.69, 9.17) is 4.74 Å². The Morgan fingerprint density at radius 3 is 2.67 bits per heavy atom. The predicted octanol–water partition coefficient (Wildman–Crippen LogP) is 2.66. The highest BCUT2D eigenvalue weighted by molar-refractivity contribution is 9.10. The summed E-state index contributed by atoms with van der Waals surface area (Å²) in [6, 6.07) is 16.7. The van der Waals surface area contributed by atoms with Crippen molar-refractivity contribution in [3.05, 3.63) is 64.6 Å². The second-order valence-electron chi connectivity index (χ2n) is 6.25. The summed E-state index contributed by atoms with van der Waals surface area (Å²) in [6.45, 7) is 0.238. The zero-order valence-corrected chi connectivity index (χ0v) is 16.1. The summed E-state index contributed by atoms with van der Waals surface area (Å²) in [4.78, 5) is 37.9. The van der Waals surface area contributed by atoms with Crippen molar-refractivity contribution in [2.45, 2.75) is 13.0 Å². The van der Waals surface area contributed by atoms with Gasteiger partial charge in [0.1, 0.15) is 13.2 Å². The molecule has 2 aromatic carbocycles. The number of ether oxygens (including phenoxy) is 1. The lowest BCUT2D eigenvalue weighted by molar-refractivity contribution is -0.145. The van der Waals surface area contributed by atoms with E-state index in [-0.39, 0.29) is 31.4 Å². The van der Waals surface area contributed by atoms with Crippen molar-refractivity contribution in [3.8, 4) is 0 Å². The average molecular weight is 431 g/mol. The number of nitrogens with zero attached hydrogens (tertiary/aromatic N) is 1. The van der Waals surface area contributed by atoms with Crippen LogP contribution in [0.15, 0.2) is 59.1 Å². The maximum absolute atomic E-state index is 12.3. The van der Waals surface area contributed by atoms with E-state index < -0.39 is 11.9 Å². The topological polar surface area (TPSA) is 75.7 Å². The minimum atomic E-state index is -0.514. The van der Waals surface area contributed by atoms with Gasteiger partial charge in [0.05, 0.1) is 5.92 Å². The summed E-state index contributed by atoms with van der Waals surface area (Å²) in [7, 11) is 0. The van der Waals surface area contributed by atoms with Crippen LogP contribution >= 0.6 is 15.9 Å². The Balaban J connectivity index is 1.47. The van der Waals surface area contributed by atoms with Crippen LogP contribution < -0.4 is 10.2 Å². The third kappa shape index (κ3) is 5.17. The van der Waals surface area contributed by atoms with Crippen LogP contribution in [0.25, 0.3) is 0 Å². The molecule has 0 spiro atoms. The molecule has 0 saturated carbocycles. The minimum absolute atomic E-state index is 0.111. The third-order valence-corrected chi connectivity index (χ3v) is 4.76. The van der Waals surface area contributed by atoms with Gasteiger partial charge in [-0.25, -0.2) is 0 Å². The van der Waals surface area contributed by atoms with Gasteiger partial charge in [0.15, 0.2) is 0 Å². The number of nitrogens with one attached hydrogen (secondary N) is 1. The molecular weight excluding hydrogens is 412 g/mol. The molecule has 1 aliphatic rings. The summed E-state index contributed by atoms with van der Waals surface area (Å²) in [6.07, 6.45) is 0.122. The number of carbonyl (C=O) groups is 3. The number of benzene rings is 2. The Morgan fingerprint density at radius 2 is 1.93 bits per heavy atom. The Bertz CT molecular complexity index is 841. The molecule has 1 atom stereocenters. The van der Waals surface area contributed by atoms with Crippen molar-refractivity contribution < 1.29 is 19.1 Å². The molecule has 1 unspecified atom stereocenters. The second-order valence-corrected chi connectivity index (χ2v) is 7.17. The van der Waals surface area contributed by atoms with Gasteiger partial charge in [0, 0.05) is 23.1 Å². The van der Waals surface area contributed by atoms with E-state index in [2.05, 4.69) is 21.2 Å². The van der Waals surface area contributed by atoms with Crippen LogP contribution in [-0.4, -0.2) is 30.9 Å². The average Bonchev–Trinajstić information content (AvgIpc) is 3.07. The molecule has 0 bridgehead atoms. The summed E-state index contributed by atoms with van der Waals surface area (Å²) < 4.78 is 5.99. The normalized spacial score (nSPS) is 16.3. The summed E-state index contributed by atoms with van der Waals surface area (Å²) >= 11 is 3.38. The number of amides is 2. The largest absolute Gasteiger partial charge is 0.460 e. The van der Waals surface area contributed by atoms with E-state index in [1.54, 1.807) is 4.90 Å². The number of hydrogen-bond donors (Lipinski definition) is 1. The molecule has 2 aromatic rings. The highest BCUT2D eigenvalue weighted by atomic mass is 79.9. The Morgan fingerprint density at radius 1 is 1.15 bits per heavy atom. The number of anilines is 1. The quantitative estimate of drug-likeness (QED) is 0.714. The molecular formula is C20H19BrN2O4. The van der Waals surface area contributed by atoms with Crippen molar-refractivity contribution >= 4 is 39.4 Å². The van der Waals surface area contributed by atoms with E-state index in [1.807, 2.05) is 54.6 Å². The zero-order valence-electron chi connectivity index (χ0n) is 14.6. The molecule has 7 heteroatoms. The lowest BCUT2D eigenvalue weighted by atomic mass is 10.1. The minimum Gasteiger partial charge on any atom is -0.460 e. The van der Waals surface area contributed by atoms with Crippen molar-refractivity contribution in [2.75, 3.05) is 18.0 Å². The molecule has 3 rings (SSSR count). The predicted molar refractivity (Wildman–Crippen MR) is 104 cm³/mol. The Hall–Kier alpha value is -2.67. The number of halogens is 1. The van der Waals surface area contributed by atoms with Crippen LogP contribution in [0.5, 0.6) is 0 Å². The van der Waals surface area contributed by atoms with Gasteiger partial charge in [-0.1, -0.05) is 52.3 Å². The first-order valence-corrected chi connectivity index (χ1v) is 9.35. The van der Waals surface area contributed by atoms with E-state index in [0.717, 1.165) is 15.7 Å². The van der Waals surface area contributed by atoms with E-state index in [9.17, 15) is 14.4 Å². The fraction of sp³-hybridized carbons (Fsp3) is 0.250. The Kier molecular flexibility index (Phi) is 6.24. The highest BCUT2D eigenvalue weighted by Crippen LogP contribution is 2.27. The first-order valence-electron chi connectivity index (χ1n) is 8.56. The molecule has 0 radical (unpaired) electrons. The molecule has 1 N–H and O–H groups in total. The fourth-order valence-corrected chi connectivity index (χ4v) is 3.26. The van der Waals surface area contributed by atoms with Gasteiger partial charge in [-0.2, -0.15) is 0 Å². The number of hydrogen-bond acceptors (Lipinski definition) is 4. The van der Waals surface area contributed by atoms with Gasteiger partial charge >= 0.3 is 5.97 Å². The monoisotopic (exact) mass is 430 g/mol. The maximum atomic E-state index is 12.3. The van der Waals surface area contributed by atoms with Crippen LogP contribution in [-0.2, 0) is 25.7 Å². The fourth-order valence-electron chi connectivity index (χ4n) is 2.87. The zero-order chi connectivity index (χ0) is 19.2. The number of rotatable bonds is 6. The van der Waals surface area contributed by atoms with Crippen LogP contribution in [0.2, 0.25) is 0 Å². The first-order chi connectivity index (χ1) is 13.0. The molecule has 1 aliphatic heterocycles. The molecule has 140 valence electrons. The lowest BCUT2D eigenvalue weighted by Crippen LogP contribution is -2.36. The lowest BCUT2D eigenvalue weighted by Gasteiger charge is -2.17. The SMILES string of the molecule is O=C(CNC(=O)C1CC(=O)N(c2cccc(Br)c2)C1)OCc1ccccc1. The molecule has 2 amide bonds. The van der Waals surface area contributed by atoms with Gasteiger partial charge in [-0.3, -0.25) is 14.4 Å². The molecule has 1 fully saturated rings. The van der Waals surface area contributed by atoms with Crippen LogP contribution in [0.1, 0.15) is 12.0 Å². The van der Waals surface area contributed by atoms with Crippen LogP contribution in [0.4, 0.5) is 5.69 Å². The van der Waals surface area contributed by atoms with Gasteiger partial charge < -0.3 is 15.0 Å². The van der Waals surface area contributed by atoms with E-state index in [0.29, 0.717) is 6.54 Å². The van der Waals surface area contributed by atoms with E-state index >= 15 is 0 Å². The summed E-state index contributed by atoms with van der Waals surface area (Å²) in [5.74, 6) is -1.43. The van der Waals surface area contributed by atoms with Crippen molar-refractivity contribution in [1.29, 1.82) is 0 Å². The standard InChI is InChI=1S/C20H19BrN2O4/c21-16-7-4-8-17(10-16)23-12-15(9-18(23)24)20(26)22-11-19(25)27-13-14-5-2-1-3-6-14/h1-8,10,15H,9,11-13H2,(H,22,26). The number of carbonyl (C=O) groups excluding carboxylic acids is 3. The molecule has 27 heavy (non-hydrogen) atoms. The number of esters is 1. The van der Waals surface area contributed by atoms with E-state index in [1.165, 1.54) is 0 Å². The van der Waals surface area contributed by atoms with Gasteiger partial charge in [0.25, 0.3) is 0 Å². The van der Waals surface area contributed by atoms with Gasteiger partial charge in [0.2, 0.25) is 11.8 Å². The van der Waals surface area contributed by atoms with Crippen LogP contribution in [0, 0.1) is 5.92 Å². The van der Waals surface area contributed by atoms with Crippen molar-refractivity contribution in [3.63, 3.8) is 0 Å². The van der Waals surface area contributed by atoms with Crippen LogP contribution in [0.3, 0.4) is 0 Å². The molecule has 1 saturated heterocycles. The molecule has 0 aromatic heterocycles. The first kappa shape index (κ1) is 19.1. The summed E-state index contributed by atoms with van der Waals surface area (Å²) in [5.41, 5.74) is 1.62. The molecule has 0 aliphatic carbocycles. The summed E-state index contributed by atoms with van der Waals surface area (Å²) in [5, 5.41) is 2.56. The second kappa shape index (κ2) is 8.81. The maximum Gasteiger partial charge on any atom is 0.325 e. The Labute approximate surface area is 165 Å². The van der Waals surface area contributed by atoms with Crippen molar-refractivity contribution in [1.82, 2.24) is 5.32 Å². The van der Waals surface area contributed by atoms with Gasteiger partial charge in [-0.15, -0.1) is 0 Å². The van der Waals surface area contributed by atoms with Gasteiger partial charge in [-0.05, 0) is 23.8 Å².